The van der Waals surface area contributed by atoms with Crippen molar-refractivity contribution in [2.75, 3.05) is 62.2 Å². The number of alkyl halides is 3. The van der Waals surface area contributed by atoms with E-state index < -0.39 is 11.7 Å². The Balaban J connectivity index is 1.30. The lowest BCUT2D eigenvalue weighted by Crippen LogP contribution is -2.56. The van der Waals surface area contributed by atoms with Gasteiger partial charge in [-0.25, -0.2) is 6.57 Å². The average molecular weight is 624 g/mol. The maximum atomic E-state index is 14.2. The fourth-order valence-electron chi connectivity index (χ4n) is 7.31. The summed E-state index contributed by atoms with van der Waals surface area (Å²) in [6.45, 7) is 17.3. The molecule has 1 unspecified atom stereocenters. The molecule has 0 bridgehead atoms. The van der Waals surface area contributed by atoms with E-state index >= 15 is 0 Å². The number of amides is 1. The number of ether oxygens (including phenoxy) is 1. The van der Waals surface area contributed by atoms with Crippen molar-refractivity contribution < 1.29 is 22.7 Å². The molecule has 240 valence electrons. The Bertz CT molecular complexity index is 1480. The molecule has 1 saturated carbocycles. The summed E-state index contributed by atoms with van der Waals surface area (Å²) in [5.74, 6) is 0.467. The van der Waals surface area contributed by atoms with Crippen LogP contribution in [0.1, 0.15) is 54.5 Å². The first-order valence-corrected chi connectivity index (χ1v) is 15.8. The summed E-state index contributed by atoms with van der Waals surface area (Å²) >= 11 is 0. The molecule has 0 radical (unpaired) electrons. The highest BCUT2D eigenvalue weighted by Gasteiger charge is 2.48. The Morgan fingerprint density at radius 1 is 1.16 bits per heavy atom. The molecule has 3 fully saturated rings. The number of rotatable bonds is 9. The van der Waals surface area contributed by atoms with Gasteiger partial charge in [-0.05, 0) is 76.2 Å². The second-order valence-corrected chi connectivity index (χ2v) is 12.6. The average Bonchev–Trinajstić information content (AvgIpc) is 3.59. The monoisotopic (exact) mass is 623 g/mol. The molecule has 9 nitrogen and oxygen atoms in total. The predicted molar refractivity (Wildman–Crippen MR) is 165 cm³/mol. The minimum atomic E-state index is -4.49. The standard InChI is InChI=1S/C33H40F3N7O2/c1-4-28(44)43-18-17-41(21-24(43)20-37-3)30-25-10-16-40(27-9-7-8-23(2)29(27)33(34,35)36)22-26(25)38-31(39-30)45-19-13-32(11-12-32)42-14-5-6-15-42/h4,7-9,24H,1,5-6,10-22H2,2H3. The number of aryl methyl sites for hydroxylation is 1. The summed E-state index contributed by atoms with van der Waals surface area (Å²) in [6.07, 6.45) is 2.90. The third kappa shape index (κ3) is 6.32. The van der Waals surface area contributed by atoms with Gasteiger partial charge in [-0.3, -0.25) is 9.69 Å². The maximum Gasteiger partial charge on any atom is 0.418 e. The van der Waals surface area contributed by atoms with Crippen LogP contribution in [0.15, 0.2) is 30.9 Å². The lowest BCUT2D eigenvalue weighted by atomic mass is 10.00. The van der Waals surface area contributed by atoms with Crippen LogP contribution < -0.4 is 14.5 Å². The Labute approximate surface area is 262 Å². The summed E-state index contributed by atoms with van der Waals surface area (Å²) in [4.78, 5) is 33.8. The Hall–Kier alpha value is -3.85. The normalized spacial score (nSPS) is 21.3. The molecule has 0 spiro atoms. The maximum absolute atomic E-state index is 14.2. The van der Waals surface area contributed by atoms with Gasteiger partial charge >= 0.3 is 12.2 Å². The quantitative estimate of drug-likeness (QED) is 0.291. The van der Waals surface area contributed by atoms with Gasteiger partial charge in [-0.1, -0.05) is 18.7 Å². The lowest BCUT2D eigenvalue weighted by molar-refractivity contribution is -0.137. The van der Waals surface area contributed by atoms with Crippen LogP contribution in [-0.4, -0.2) is 89.7 Å². The van der Waals surface area contributed by atoms with E-state index in [0.717, 1.165) is 37.9 Å². The highest BCUT2D eigenvalue weighted by molar-refractivity contribution is 5.87. The van der Waals surface area contributed by atoms with Crippen molar-refractivity contribution >= 4 is 17.4 Å². The number of aromatic nitrogens is 2. The van der Waals surface area contributed by atoms with Crippen molar-refractivity contribution in [1.29, 1.82) is 0 Å². The molecule has 1 atom stereocenters. The summed E-state index contributed by atoms with van der Waals surface area (Å²) in [6, 6.07) is 4.55. The van der Waals surface area contributed by atoms with E-state index in [1.54, 1.807) is 15.9 Å². The van der Waals surface area contributed by atoms with Gasteiger partial charge in [-0.2, -0.15) is 23.1 Å². The Morgan fingerprint density at radius 3 is 2.62 bits per heavy atom. The van der Waals surface area contributed by atoms with E-state index in [4.69, 9.17) is 21.3 Å². The molecule has 1 aromatic carbocycles. The molecule has 12 heteroatoms. The fraction of sp³-hybridized carbons (Fsp3) is 0.576. The van der Waals surface area contributed by atoms with Crippen molar-refractivity contribution in [3.8, 4) is 6.01 Å². The molecule has 4 aliphatic rings. The first kappa shape index (κ1) is 31.1. The molecular weight excluding hydrogens is 583 g/mol. The van der Waals surface area contributed by atoms with Gasteiger partial charge in [0.25, 0.3) is 0 Å². The minimum Gasteiger partial charge on any atom is -0.463 e. The van der Waals surface area contributed by atoms with E-state index in [1.165, 1.54) is 38.0 Å². The predicted octanol–water partition coefficient (Wildman–Crippen LogP) is 4.89. The van der Waals surface area contributed by atoms with E-state index in [1.807, 2.05) is 0 Å². The number of fused-ring (bicyclic) bond motifs is 1. The molecular formula is C33H40F3N7O2. The SMILES string of the molecule is [C-]#[N+]CC1CN(c2nc(OCCC3(N4CCCC4)CC3)nc3c2CCN(c2cccc(C)c2C(F)(F)F)C3)CCN1C(=O)C=C. The Morgan fingerprint density at radius 2 is 1.93 bits per heavy atom. The second-order valence-electron chi connectivity index (χ2n) is 12.6. The second kappa shape index (κ2) is 12.5. The van der Waals surface area contributed by atoms with Crippen LogP contribution in [0.4, 0.5) is 24.7 Å². The zero-order valence-electron chi connectivity index (χ0n) is 25.8. The summed E-state index contributed by atoms with van der Waals surface area (Å²) in [5, 5.41) is 0. The number of carbonyl (C=O) groups is 1. The topological polar surface area (TPSA) is 69.4 Å². The largest absolute Gasteiger partial charge is 0.463 e. The van der Waals surface area contributed by atoms with Crippen LogP contribution in [-0.2, 0) is 23.9 Å². The molecule has 2 saturated heterocycles. The number of benzene rings is 1. The zero-order valence-corrected chi connectivity index (χ0v) is 25.8. The van der Waals surface area contributed by atoms with Crippen LogP contribution in [0.25, 0.3) is 4.85 Å². The van der Waals surface area contributed by atoms with E-state index in [9.17, 15) is 18.0 Å². The minimum absolute atomic E-state index is 0.144. The number of anilines is 2. The number of hydrogen-bond acceptors (Lipinski definition) is 7. The Kier molecular flexibility index (Phi) is 8.66. The third-order valence-electron chi connectivity index (χ3n) is 9.84. The van der Waals surface area contributed by atoms with Crippen molar-refractivity contribution in [2.45, 2.75) is 69.8 Å². The number of halogens is 3. The van der Waals surface area contributed by atoms with Crippen LogP contribution in [0.3, 0.4) is 0 Å². The van der Waals surface area contributed by atoms with Gasteiger partial charge in [-0.15, -0.1) is 0 Å². The molecule has 2 aromatic rings. The van der Waals surface area contributed by atoms with Crippen molar-refractivity contribution in [3.05, 3.63) is 64.7 Å². The van der Waals surface area contributed by atoms with Crippen LogP contribution in [0.2, 0.25) is 0 Å². The van der Waals surface area contributed by atoms with Crippen molar-refractivity contribution in [1.82, 2.24) is 19.8 Å². The van der Waals surface area contributed by atoms with E-state index in [-0.39, 0.29) is 47.8 Å². The first-order valence-electron chi connectivity index (χ1n) is 15.8. The van der Waals surface area contributed by atoms with Gasteiger partial charge in [0, 0.05) is 43.0 Å². The van der Waals surface area contributed by atoms with Gasteiger partial charge in [0.1, 0.15) is 11.9 Å². The van der Waals surface area contributed by atoms with E-state index in [0.29, 0.717) is 50.7 Å². The summed E-state index contributed by atoms with van der Waals surface area (Å²) in [7, 11) is 0. The molecule has 3 aliphatic heterocycles. The van der Waals surface area contributed by atoms with Crippen LogP contribution >= 0.6 is 0 Å². The number of likely N-dealkylation sites (tertiary alicyclic amines) is 1. The fourth-order valence-corrected chi connectivity index (χ4v) is 7.31. The van der Waals surface area contributed by atoms with Crippen LogP contribution in [0, 0.1) is 13.5 Å². The molecule has 1 amide bonds. The summed E-state index contributed by atoms with van der Waals surface area (Å²) in [5.41, 5.74) is 1.42. The third-order valence-corrected chi connectivity index (χ3v) is 9.84. The molecule has 4 heterocycles. The first-order chi connectivity index (χ1) is 21.6. The van der Waals surface area contributed by atoms with Crippen molar-refractivity contribution in [3.63, 3.8) is 0 Å². The molecule has 0 N–H and O–H groups in total. The highest BCUT2D eigenvalue weighted by Crippen LogP contribution is 2.46. The van der Waals surface area contributed by atoms with Gasteiger partial charge < -0.3 is 24.3 Å². The molecule has 1 aliphatic carbocycles. The summed E-state index contributed by atoms with van der Waals surface area (Å²) < 4.78 is 48.7. The van der Waals surface area contributed by atoms with Gasteiger partial charge in [0.15, 0.2) is 0 Å². The van der Waals surface area contributed by atoms with Crippen LogP contribution in [0.5, 0.6) is 6.01 Å². The number of hydrogen-bond donors (Lipinski definition) is 0. The number of carbonyl (C=O) groups excluding carboxylic acids is 1. The lowest BCUT2D eigenvalue weighted by Gasteiger charge is -2.41. The van der Waals surface area contributed by atoms with Gasteiger partial charge in [0.05, 0.1) is 24.4 Å². The molecule has 45 heavy (non-hydrogen) atoms. The smallest absolute Gasteiger partial charge is 0.418 e. The van der Waals surface area contributed by atoms with E-state index in [2.05, 4.69) is 21.2 Å². The molecule has 1 aromatic heterocycles. The number of piperazine rings is 1. The number of nitrogens with zero attached hydrogens (tertiary/aromatic N) is 7. The van der Waals surface area contributed by atoms with Crippen molar-refractivity contribution in [2.24, 2.45) is 0 Å². The van der Waals surface area contributed by atoms with Gasteiger partial charge in [0.2, 0.25) is 12.5 Å². The molecule has 6 rings (SSSR count). The highest BCUT2D eigenvalue weighted by atomic mass is 19.4. The zero-order chi connectivity index (χ0) is 31.8.